The molecule has 0 aliphatic carbocycles. The molecule has 2 aromatic rings. The summed E-state index contributed by atoms with van der Waals surface area (Å²) in [6.07, 6.45) is 0. The SMILES string of the molecule is Cc1n[nH]c(C)c1CNS(=O)(=O)c1ccccc1C#N. The van der Waals surface area contributed by atoms with Gasteiger partial charge < -0.3 is 0 Å². The third-order valence-corrected chi connectivity index (χ3v) is 4.48. The first-order valence-electron chi connectivity index (χ1n) is 5.95. The van der Waals surface area contributed by atoms with Gasteiger partial charge in [0, 0.05) is 17.8 Å². The van der Waals surface area contributed by atoms with Crippen molar-refractivity contribution in [1.29, 1.82) is 5.26 Å². The molecule has 0 aliphatic rings. The zero-order valence-corrected chi connectivity index (χ0v) is 12.0. The molecule has 2 rings (SSSR count). The zero-order valence-electron chi connectivity index (χ0n) is 11.1. The monoisotopic (exact) mass is 290 g/mol. The summed E-state index contributed by atoms with van der Waals surface area (Å²) in [7, 11) is -3.73. The van der Waals surface area contributed by atoms with Crippen molar-refractivity contribution in [3.63, 3.8) is 0 Å². The number of sulfonamides is 1. The van der Waals surface area contributed by atoms with Crippen molar-refractivity contribution in [2.45, 2.75) is 25.3 Å². The zero-order chi connectivity index (χ0) is 14.8. The van der Waals surface area contributed by atoms with Crippen LogP contribution in [-0.2, 0) is 16.6 Å². The molecule has 1 aromatic heterocycles. The van der Waals surface area contributed by atoms with Crippen LogP contribution in [0.15, 0.2) is 29.2 Å². The minimum absolute atomic E-state index is 0.0127. The maximum absolute atomic E-state index is 12.2. The van der Waals surface area contributed by atoms with Crippen LogP contribution in [-0.4, -0.2) is 18.6 Å². The second-order valence-electron chi connectivity index (χ2n) is 4.35. The van der Waals surface area contributed by atoms with Gasteiger partial charge in [-0.1, -0.05) is 12.1 Å². The highest BCUT2D eigenvalue weighted by molar-refractivity contribution is 7.89. The minimum Gasteiger partial charge on any atom is -0.282 e. The number of hydrogen-bond donors (Lipinski definition) is 2. The molecule has 1 heterocycles. The van der Waals surface area contributed by atoms with Gasteiger partial charge in [-0.2, -0.15) is 10.4 Å². The molecule has 0 amide bonds. The van der Waals surface area contributed by atoms with Crippen LogP contribution in [0.5, 0.6) is 0 Å². The van der Waals surface area contributed by atoms with Crippen LogP contribution in [0.3, 0.4) is 0 Å². The van der Waals surface area contributed by atoms with Gasteiger partial charge in [-0.05, 0) is 26.0 Å². The number of H-pyrrole nitrogens is 1. The lowest BCUT2D eigenvalue weighted by Gasteiger charge is -2.08. The number of aromatic nitrogens is 2. The molecule has 0 saturated heterocycles. The van der Waals surface area contributed by atoms with E-state index in [-0.39, 0.29) is 17.0 Å². The molecule has 0 radical (unpaired) electrons. The maximum Gasteiger partial charge on any atom is 0.242 e. The molecule has 0 aliphatic heterocycles. The number of hydrogen-bond acceptors (Lipinski definition) is 4. The smallest absolute Gasteiger partial charge is 0.242 e. The number of nitriles is 1. The normalized spacial score (nSPS) is 11.2. The molecule has 0 spiro atoms. The van der Waals surface area contributed by atoms with Gasteiger partial charge in [-0.25, -0.2) is 13.1 Å². The van der Waals surface area contributed by atoms with E-state index < -0.39 is 10.0 Å². The van der Waals surface area contributed by atoms with Gasteiger partial charge in [0.15, 0.2) is 0 Å². The van der Waals surface area contributed by atoms with Crippen molar-refractivity contribution in [2.75, 3.05) is 0 Å². The van der Waals surface area contributed by atoms with E-state index in [1.807, 2.05) is 13.0 Å². The molecule has 1 aromatic carbocycles. The molecular formula is C13H14N4O2S. The van der Waals surface area contributed by atoms with Crippen molar-refractivity contribution < 1.29 is 8.42 Å². The highest BCUT2D eigenvalue weighted by Crippen LogP contribution is 2.16. The molecule has 0 atom stereocenters. The Morgan fingerprint density at radius 1 is 1.35 bits per heavy atom. The molecule has 2 N–H and O–H groups in total. The van der Waals surface area contributed by atoms with Crippen molar-refractivity contribution in [3.8, 4) is 6.07 Å². The van der Waals surface area contributed by atoms with Crippen LogP contribution in [0.2, 0.25) is 0 Å². The highest BCUT2D eigenvalue weighted by atomic mass is 32.2. The lowest BCUT2D eigenvalue weighted by atomic mass is 10.2. The largest absolute Gasteiger partial charge is 0.282 e. The summed E-state index contributed by atoms with van der Waals surface area (Å²) in [6, 6.07) is 7.98. The summed E-state index contributed by atoms with van der Waals surface area (Å²) in [4.78, 5) is -0.0127. The molecule has 0 fully saturated rings. The number of benzene rings is 1. The fraction of sp³-hybridized carbons (Fsp3) is 0.231. The van der Waals surface area contributed by atoms with Gasteiger partial charge >= 0.3 is 0 Å². The van der Waals surface area contributed by atoms with Crippen LogP contribution < -0.4 is 4.72 Å². The fourth-order valence-corrected chi connectivity index (χ4v) is 3.02. The summed E-state index contributed by atoms with van der Waals surface area (Å²) in [5.74, 6) is 0. The quantitative estimate of drug-likeness (QED) is 0.888. The second-order valence-corrected chi connectivity index (χ2v) is 6.08. The molecule has 7 heteroatoms. The van der Waals surface area contributed by atoms with Crippen molar-refractivity contribution in [2.24, 2.45) is 0 Å². The van der Waals surface area contributed by atoms with E-state index in [2.05, 4.69) is 14.9 Å². The summed E-state index contributed by atoms with van der Waals surface area (Å²) >= 11 is 0. The van der Waals surface area contributed by atoms with E-state index in [1.165, 1.54) is 12.1 Å². The number of rotatable bonds is 4. The second kappa shape index (κ2) is 5.45. The lowest BCUT2D eigenvalue weighted by molar-refractivity contribution is 0.581. The van der Waals surface area contributed by atoms with E-state index in [1.54, 1.807) is 19.1 Å². The molecule has 104 valence electrons. The molecule has 6 nitrogen and oxygen atoms in total. The highest BCUT2D eigenvalue weighted by Gasteiger charge is 2.19. The minimum atomic E-state index is -3.73. The standard InChI is InChI=1S/C13H14N4O2S/c1-9-12(10(2)17-16-9)8-15-20(18,19)13-6-4-3-5-11(13)7-14/h3-6,15H,8H2,1-2H3,(H,16,17). The molecular weight excluding hydrogens is 276 g/mol. The summed E-state index contributed by atoms with van der Waals surface area (Å²) in [6.45, 7) is 3.76. The summed E-state index contributed by atoms with van der Waals surface area (Å²) < 4.78 is 27.0. The van der Waals surface area contributed by atoms with Gasteiger partial charge in [-0.15, -0.1) is 0 Å². The average molecular weight is 290 g/mol. The average Bonchev–Trinajstić information content (AvgIpc) is 2.76. The lowest BCUT2D eigenvalue weighted by Crippen LogP contribution is -2.24. The Morgan fingerprint density at radius 3 is 2.65 bits per heavy atom. The topological polar surface area (TPSA) is 98.6 Å². The van der Waals surface area contributed by atoms with Crippen molar-refractivity contribution in [1.82, 2.24) is 14.9 Å². The molecule has 0 saturated carbocycles. The molecule has 20 heavy (non-hydrogen) atoms. The van der Waals surface area contributed by atoms with Gasteiger partial charge in [0.1, 0.15) is 6.07 Å². The number of aromatic amines is 1. The van der Waals surface area contributed by atoms with Gasteiger partial charge in [0.2, 0.25) is 10.0 Å². The molecule has 0 bridgehead atoms. The van der Waals surface area contributed by atoms with Crippen LogP contribution in [0.1, 0.15) is 22.5 Å². The first-order valence-corrected chi connectivity index (χ1v) is 7.43. The van der Waals surface area contributed by atoms with E-state index >= 15 is 0 Å². The van der Waals surface area contributed by atoms with Crippen LogP contribution in [0.25, 0.3) is 0 Å². The maximum atomic E-state index is 12.2. The van der Waals surface area contributed by atoms with Gasteiger partial charge in [0.05, 0.1) is 16.2 Å². The summed E-state index contributed by atoms with van der Waals surface area (Å²) in [5.41, 5.74) is 2.50. The van der Waals surface area contributed by atoms with E-state index in [9.17, 15) is 8.42 Å². The Labute approximate surface area is 117 Å². The van der Waals surface area contributed by atoms with Crippen LogP contribution >= 0.6 is 0 Å². The van der Waals surface area contributed by atoms with E-state index in [0.29, 0.717) is 0 Å². The predicted molar refractivity (Wildman–Crippen MR) is 73.2 cm³/mol. The van der Waals surface area contributed by atoms with Crippen LogP contribution in [0, 0.1) is 25.2 Å². The third-order valence-electron chi connectivity index (χ3n) is 3.02. The van der Waals surface area contributed by atoms with Crippen molar-refractivity contribution >= 4 is 10.0 Å². The number of nitrogens with zero attached hydrogens (tertiary/aromatic N) is 2. The van der Waals surface area contributed by atoms with Gasteiger partial charge in [0.25, 0.3) is 0 Å². The Kier molecular flexibility index (Phi) is 3.88. The molecule has 0 unspecified atom stereocenters. The number of aryl methyl sites for hydroxylation is 2. The van der Waals surface area contributed by atoms with E-state index in [4.69, 9.17) is 5.26 Å². The first-order chi connectivity index (χ1) is 9.45. The van der Waals surface area contributed by atoms with E-state index in [0.717, 1.165) is 17.0 Å². The Hall–Kier alpha value is -2.17. The first kappa shape index (κ1) is 14.2. The van der Waals surface area contributed by atoms with Crippen LogP contribution in [0.4, 0.5) is 0 Å². The third kappa shape index (κ3) is 2.71. The Morgan fingerprint density at radius 2 is 2.05 bits per heavy atom. The summed E-state index contributed by atoms with van der Waals surface area (Å²) in [5, 5.41) is 15.8. The van der Waals surface area contributed by atoms with Gasteiger partial charge in [-0.3, -0.25) is 5.10 Å². The Bertz CT molecular complexity index is 752. The van der Waals surface area contributed by atoms with Crippen molar-refractivity contribution in [3.05, 3.63) is 46.8 Å². The Balaban J connectivity index is 2.27. The number of nitrogens with one attached hydrogen (secondary N) is 2. The fourth-order valence-electron chi connectivity index (χ4n) is 1.87. The predicted octanol–water partition coefficient (Wildman–Crippen LogP) is 1.38.